The van der Waals surface area contributed by atoms with Gasteiger partial charge in [-0.25, -0.2) is 4.99 Å². The highest BCUT2D eigenvalue weighted by Gasteiger charge is 2.28. The number of anilines is 1. The second kappa shape index (κ2) is 4.10. The van der Waals surface area contributed by atoms with E-state index in [0.29, 0.717) is 5.82 Å². The van der Waals surface area contributed by atoms with Crippen LogP contribution in [-0.4, -0.2) is 22.3 Å². The first kappa shape index (κ1) is 10.7. The zero-order valence-electron chi connectivity index (χ0n) is 9.84. The van der Waals surface area contributed by atoms with Gasteiger partial charge in [-0.1, -0.05) is 18.2 Å². The lowest BCUT2D eigenvalue weighted by Crippen LogP contribution is -2.12. The van der Waals surface area contributed by atoms with Gasteiger partial charge in [0.05, 0.1) is 0 Å². The van der Waals surface area contributed by atoms with Crippen molar-refractivity contribution >= 4 is 23.6 Å². The van der Waals surface area contributed by atoms with E-state index in [2.05, 4.69) is 20.5 Å². The number of aromatic nitrogens is 2. The fraction of sp³-hybridized carbons (Fsp3) is 0.154. The van der Waals surface area contributed by atoms with Crippen LogP contribution in [-0.2, 0) is 4.79 Å². The van der Waals surface area contributed by atoms with Gasteiger partial charge in [0, 0.05) is 23.7 Å². The molecule has 0 fully saturated rings. The van der Waals surface area contributed by atoms with Crippen LogP contribution in [0.3, 0.4) is 0 Å². The molecule has 5 nitrogen and oxygen atoms in total. The van der Waals surface area contributed by atoms with Crippen LogP contribution in [0.25, 0.3) is 0 Å². The lowest BCUT2D eigenvalue weighted by atomic mass is 10.0. The molecule has 3 rings (SSSR count). The number of amides is 1. The monoisotopic (exact) mass is 240 g/mol. The molecule has 2 N–H and O–H groups in total. The van der Waals surface area contributed by atoms with Gasteiger partial charge in [-0.3, -0.25) is 9.89 Å². The molecule has 18 heavy (non-hydrogen) atoms. The van der Waals surface area contributed by atoms with Crippen molar-refractivity contribution in [2.45, 2.75) is 12.8 Å². The summed E-state index contributed by atoms with van der Waals surface area (Å²) in [6, 6.07) is 9.46. The van der Waals surface area contributed by atoms with E-state index in [1.807, 2.05) is 37.3 Å². The highest BCUT2D eigenvalue weighted by Crippen LogP contribution is 2.31. The first-order chi connectivity index (χ1) is 8.74. The molecule has 0 saturated carbocycles. The first-order valence-electron chi connectivity index (χ1n) is 5.70. The molecule has 2 heterocycles. The van der Waals surface area contributed by atoms with E-state index in [4.69, 9.17) is 0 Å². The number of aromatic amines is 1. The molecule has 1 aliphatic rings. The summed E-state index contributed by atoms with van der Waals surface area (Å²) >= 11 is 0. The van der Waals surface area contributed by atoms with Gasteiger partial charge in [-0.05, 0) is 18.6 Å². The molecule has 0 aliphatic carbocycles. The number of fused-ring (bicyclic) bond motifs is 1. The molecule has 1 aromatic carbocycles. The average Bonchev–Trinajstić information content (AvgIpc) is 2.90. The molecule has 2 aromatic rings. The highest BCUT2D eigenvalue weighted by atomic mass is 16.2. The van der Waals surface area contributed by atoms with Crippen molar-refractivity contribution in [2.24, 2.45) is 4.99 Å². The molecule has 0 radical (unpaired) electrons. The zero-order chi connectivity index (χ0) is 12.5. The van der Waals surface area contributed by atoms with Crippen molar-refractivity contribution in [3.63, 3.8) is 0 Å². The summed E-state index contributed by atoms with van der Waals surface area (Å²) in [4.78, 5) is 16.1. The van der Waals surface area contributed by atoms with Crippen LogP contribution in [0.15, 0.2) is 35.3 Å². The maximum atomic E-state index is 11.8. The quantitative estimate of drug-likeness (QED) is 0.789. The molecular weight excluding hydrogens is 228 g/mol. The Morgan fingerprint density at radius 1 is 1.39 bits per heavy atom. The van der Waals surface area contributed by atoms with Crippen LogP contribution in [0, 0.1) is 6.92 Å². The number of nitrogens with zero attached hydrogens (tertiary/aromatic N) is 2. The third-order valence-electron chi connectivity index (χ3n) is 2.88. The van der Waals surface area contributed by atoms with Gasteiger partial charge < -0.3 is 5.32 Å². The van der Waals surface area contributed by atoms with E-state index < -0.39 is 0 Å². The number of para-hydroxylation sites is 1. The molecule has 1 aliphatic heterocycles. The number of hydrogen-bond donors (Lipinski definition) is 2. The van der Waals surface area contributed by atoms with Crippen molar-refractivity contribution in [1.29, 1.82) is 0 Å². The topological polar surface area (TPSA) is 70.1 Å². The largest absolute Gasteiger partial charge is 0.325 e. The van der Waals surface area contributed by atoms with Crippen LogP contribution >= 0.6 is 0 Å². The summed E-state index contributed by atoms with van der Waals surface area (Å²) in [6.07, 6.45) is 1.64. The molecule has 1 unspecified atom stereocenters. The Hall–Kier alpha value is -2.43. The second-order valence-corrected chi connectivity index (χ2v) is 4.24. The van der Waals surface area contributed by atoms with Crippen LogP contribution < -0.4 is 5.32 Å². The second-order valence-electron chi connectivity index (χ2n) is 4.24. The minimum absolute atomic E-state index is 0.0489. The molecule has 1 amide bonds. The Balaban J connectivity index is 1.89. The van der Waals surface area contributed by atoms with Crippen molar-refractivity contribution in [3.8, 4) is 0 Å². The number of benzene rings is 1. The van der Waals surface area contributed by atoms with Gasteiger partial charge >= 0.3 is 0 Å². The molecule has 0 spiro atoms. The van der Waals surface area contributed by atoms with Crippen molar-refractivity contribution in [2.75, 3.05) is 5.32 Å². The fourth-order valence-corrected chi connectivity index (χ4v) is 2.00. The summed E-state index contributed by atoms with van der Waals surface area (Å²) < 4.78 is 0. The summed E-state index contributed by atoms with van der Waals surface area (Å²) in [7, 11) is 0. The van der Waals surface area contributed by atoms with Gasteiger partial charge in [-0.15, -0.1) is 0 Å². The number of carbonyl (C=O) groups excluding carboxylic acids is 1. The van der Waals surface area contributed by atoms with Gasteiger partial charge in [0.25, 0.3) is 0 Å². The van der Waals surface area contributed by atoms with Gasteiger partial charge in [0.1, 0.15) is 5.92 Å². The molecular formula is C13H12N4O. The Kier molecular flexibility index (Phi) is 2.44. The lowest BCUT2D eigenvalue weighted by Gasteiger charge is -2.00. The number of H-pyrrole nitrogens is 1. The van der Waals surface area contributed by atoms with E-state index in [1.54, 1.807) is 6.21 Å². The predicted octanol–water partition coefficient (Wildman–Crippen LogP) is 2.16. The van der Waals surface area contributed by atoms with Gasteiger partial charge in [0.15, 0.2) is 5.82 Å². The van der Waals surface area contributed by atoms with Crippen molar-refractivity contribution in [3.05, 3.63) is 41.6 Å². The Morgan fingerprint density at radius 3 is 3.00 bits per heavy atom. The summed E-state index contributed by atoms with van der Waals surface area (Å²) in [6.45, 7) is 1.91. The number of hydrogen-bond acceptors (Lipinski definition) is 3. The Labute approximate surface area is 104 Å². The summed E-state index contributed by atoms with van der Waals surface area (Å²) in [5, 5.41) is 9.64. The number of nitrogens with one attached hydrogen (secondary N) is 2. The zero-order valence-corrected chi connectivity index (χ0v) is 9.84. The van der Waals surface area contributed by atoms with Crippen molar-refractivity contribution < 1.29 is 4.79 Å². The summed E-state index contributed by atoms with van der Waals surface area (Å²) in [5.41, 5.74) is 2.76. The Bertz CT molecular complexity index is 629. The lowest BCUT2D eigenvalue weighted by molar-refractivity contribution is -0.115. The maximum absolute atomic E-state index is 11.8. The standard InChI is InChI=1S/C13H12N4O/c1-8-6-12(17-16-8)14-7-10-9-4-2-3-5-11(9)15-13(10)18/h2-7,10H,1H3,(H,15,18)(H,16,17). The Morgan fingerprint density at radius 2 is 2.22 bits per heavy atom. The molecule has 0 saturated heterocycles. The third-order valence-corrected chi connectivity index (χ3v) is 2.88. The minimum Gasteiger partial charge on any atom is -0.325 e. The van der Waals surface area contributed by atoms with E-state index in [-0.39, 0.29) is 11.8 Å². The van der Waals surface area contributed by atoms with Crippen LogP contribution in [0.5, 0.6) is 0 Å². The molecule has 1 atom stereocenters. The van der Waals surface area contributed by atoms with Crippen LogP contribution in [0.1, 0.15) is 17.2 Å². The SMILES string of the molecule is Cc1cc(N=CC2C(=O)Nc3ccccc32)n[nH]1. The van der Waals surface area contributed by atoms with Gasteiger partial charge in [-0.2, -0.15) is 5.10 Å². The highest BCUT2D eigenvalue weighted by molar-refractivity contribution is 6.12. The number of rotatable bonds is 2. The van der Waals surface area contributed by atoms with E-state index in [9.17, 15) is 4.79 Å². The normalized spacial score (nSPS) is 18.1. The smallest absolute Gasteiger partial charge is 0.237 e. The van der Waals surface area contributed by atoms with E-state index >= 15 is 0 Å². The van der Waals surface area contributed by atoms with E-state index in [0.717, 1.165) is 16.9 Å². The molecule has 0 bridgehead atoms. The van der Waals surface area contributed by atoms with E-state index in [1.165, 1.54) is 0 Å². The minimum atomic E-state index is -0.335. The number of carbonyl (C=O) groups is 1. The maximum Gasteiger partial charge on any atom is 0.237 e. The van der Waals surface area contributed by atoms with Crippen molar-refractivity contribution in [1.82, 2.24) is 10.2 Å². The first-order valence-corrected chi connectivity index (χ1v) is 5.70. The average molecular weight is 240 g/mol. The van der Waals surface area contributed by atoms with Gasteiger partial charge in [0.2, 0.25) is 5.91 Å². The number of aryl methyl sites for hydroxylation is 1. The molecule has 1 aromatic heterocycles. The van der Waals surface area contributed by atoms with Crippen LogP contribution in [0.4, 0.5) is 11.5 Å². The van der Waals surface area contributed by atoms with Crippen LogP contribution in [0.2, 0.25) is 0 Å². The third kappa shape index (κ3) is 1.79. The number of aliphatic imine (C=N–C) groups is 1. The predicted molar refractivity (Wildman–Crippen MR) is 69.3 cm³/mol. The fourth-order valence-electron chi connectivity index (χ4n) is 2.00. The molecule has 5 heteroatoms. The summed E-state index contributed by atoms with van der Waals surface area (Å²) in [5.74, 6) is 0.204. The molecule has 90 valence electrons.